The Bertz CT molecular complexity index is 581. The van der Waals surface area contributed by atoms with Gasteiger partial charge in [-0.05, 0) is 46.5 Å². The molecule has 0 saturated carbocycles. The number of thiazole rings is 1. The van der Waals surface area contributed by atoms with E-state index in [1.54, 1.807) is 18.4 Å². The van der Waals surface area contributed by atoms with Crippen molar-refractivity contribution in [2.24, 2.45) is 4.99 Å². The molecule has 0 bridgehead atoms. The number of aryl methyl sites for hydroxylation is 2. The zero-order valence-corrected chi connectivity index (χ0v) is 16.1. The molecule has 1 aromatic rings. The Morgan fingerprint density at radius 1 is 1.38 bits per heavy atom. The van der Waals surface area contributed by atoms with Crippen molar-refractivity contribution in [3.63, 3.8) is 0 Å². The zero-order chi connectivity index (χ0) is 17.7. The van der Waals surface area contributed by atoms with Gasteiger partial charge in [0.15, 0.2) is 5.96 Å². The normalized spacial score (nSPS) is 15.0. The van der Waals surface area contributed by atoms with Gasteiger partial charge in [0, 0.05) is 19.0 Å². The van der Waals surface area contributed by atoms with Crippen molar-refractivity contribution in [2.45, 2.75) is 58.6 Å². The molecular formula is C17H28N4O2S. The molecule has 7 heteroatoms. The number of hydrogen-bond acceptors (Lipinski definition) is 5. The summed E-state index contributed by atoms with van der Waals surface area (Å²) in [6.45, 7) is 6.36. The third-order valence-corrected chi connectivity index (χ3v) is 4.79. The SMILES string of the molecule is CN=C(NCC(=O)OC(C)(C)C)N(C)Cc1nc2c(s1)CCCC2. The van der Waals surface area contributed by atoms with Crippen molar-refractivity contribution in [3.8, 4) is 0 Å². The van der Waals surface area contributed by atoms with Crippen LogP contribution in [0.2, 0.25) is 0 Å². The third kappa shape index (κ3) is 5.47. The van der Waals surface area contributed by atoms with Gasteiger partial charge in [-0.3, -0.25) is 9.79 Å². The molecule has 1 N–H and O–H groups in total. The topological polar surface area (TPSA) is 66.8 Å². The molecule has 0 aliphatic heterocycles. The zero-order valence-electron chi connectivity index (χ0n) is 15.3. The number of fused-ring (bicyclic) bond motifs is 1. The molecule has 1 aliphatic carbocycles. The molecule has 2 rings (SSSR count). The van der Waals surface area contributed by atoms with Crippen molar-refractivity contribution in [1.29, 1.82) is 0 Å². The van der Waals surface area contributed by atoms with Crippen LogP contribution in [0.5, 0.6) is 0 Å². The van der Waals surface area contributed by atoms with Gasteiger partial charge >= 0.3 is 5.97 Å². The Balaban J connectivity index is 1.88. The van der Waals surface area contributed by atoms with E-state index in [1.165, 1.54) is 23.4 Å². The number of nitrogens with zero attached hydrogens (tertiary/aromatic N) is 3. The monoisotopic (exact) mass is 352 g/mol. The van der Waals surface area contributed by atoms with Crippen molar-refractivity contribution in [2.75, 3.05) is 20.6 Å². The maximum absolute atomic E-state index is 11.8. The Kier molecular flexibility index (Phi) is 6.21. The maximum atomic E-state index is 11.8. The summed E-state index contributed by atoms with van der Waals surface area (Å²) in [5.41, 5.74) is 0.792. The fourth-order valence-electron chi connectivity index (χ4n) is 2.66. The van der Waals surface area contributed by atoms with Gasteiger partial charge in [-0.2, -0.15) is 0 Å². The second-order valence-corrected chi connectivity index (χ2v) is 8.20. The molecule has 0 fully saturated rings. The summed E-state index contributed by atoms with van der Waals surface area (Å²) in [6, 6.07) is 0. The summed E-state index contributed by atoms with van der Waals surface area (Å²) >= 11 is 1.80. The van der Waals surface area contributed by atoms with Crippen LogP contribution in [0.1, 0.15) is 49.2 Å². The first-order valence-electron chi connectivity index (χ1n) is 8.39. The van der Waals surface area contributed by atoms with E-state index in [1.807, 2.05) is 32.7 Å². The molecule has 0 amide bonds. The minimum Gasteiger partial charge on any atom is -0.459 e. The maximum Gasteiger partial charge on any atom is 0.325 e. The number of carbonyl (C=O) groups excluding carboxylic acids is 1. The molecular weight excluding hydrogens is 324 g/mol. The van der Waals surface area contributed by atoms with Gasteiger partial charge in [-0.1, -0.05) is 0 Å². The van der Waals surface area contributed by atoms with Crippen LogP contribution in [-0.2, 0) is 28.9 Å². The Morgan fingerprint density at radius 3 is 2.71 bits per heavy atom. The third-order valence-electron chi connectivity index (χ3n) is 3.65. The summed E-state index contributed by atoms with van der Waals surface area (Å²) in [5.74, 6) is 0.371. The number of aliphatic imine (C=N–C) groups is 1. The Labute approximate surface area is 148 Å². The van der Waals surface area contributed by atoms with Gasteiger partial charge < -0.3 is 15.0 Å². The minimum atomic E-state index is -0.478. The van der Waals surface area contributed by atoms with E-state index in [-0.39, 0.29) is 12.5 Å². The van der Waals surface area contributed by atoms with Gasteiger partial charge in [0.1, 0.15) is 17.2 Å². The Morgan fingerprint density at radius 2 is 2.08 bits per heavy atom. The van der Waals surface area contributed by atoms with Crippen LogP contribution in [0.25, 0.3) is 0 Å². The number of nitrogens with one attached hydrogen (secondary N) is 1. The van der Waals surface area contributed by atoms with Crippen molar-refractivity contribution >= 4 is 23.3 Å². The molecule has 1 aliphatic rings. The molecule has 1 aromatic heterocycles. The second kappa shape index (κ2) is 7.96. The van der Waals surface area contributed by atoms with Crippen LogP contribution in [0, 0.1) is 0 Å². The van der Waals surface area contributed by atoms with Gasteiger partial charge in [0.25, 0.3) is 0 Å². The fraction of sp³-hybridized carbons (Fsp3) is 0.706. The first-order chi connectivity index (χ1) is 11.3. The lowest BCUT2D eigenvalue weighted by atomic mass is 10.0. The molecule has 0 radical (unpaired) electrons. The molecule has 0 saturated heterocycles. The van der Waals surface area contributed by atoms with Crippen molar-refractivity contribution in [3.05, 3.63) is 15.6 Å². The van der Waals surface area contributed by atoms with Crippen LogP contribution in [-0.4, -0.2) is 48.1 Å². The smallest absolute Gasteiger partial charge is 0.325 e. The average Bonchev–Trinajstić information content (AvgIpc) is 2.88. The quantitative estimate of drug-likeness (QED) is 0.512. The predicted octanol–water partition coefficient (Wildman–Crippen LogP) is 2.37. The Hall–Kier alpha value is -1.63. The lowest BCUT2D eigenvalue weighted by Gasteiger charge is -2.23. The number of aromatic nitrogens is 1. The molecule has 24 heavy (non-hydrogen) atoms. The van der Waals surface area contributed by atoms with Crippen molar-refractivity contribution < 1.29 is 9.53 Å². The van der Waals surface area contributed by atoms with E-state index in [0.717, 1.165) is 17.8 Å². The largest absolute Gasteiger partial charge is 0.459 e. The van der Waals surface area contributed by atoms with Gasteiger partial charge in [0.2, 0.25) is 0 Å². The molecule has 0 spiro atoms. The number of hydrogen-bond donors (Lipinski definition) is 1. The van der Waals surface area contributed by atoms with E-state index < -0.39 is 5.60 Å². The number of rotatable bonds is 4. The number of carbonyl (C=O) groups is 1. The van der Waals surface area contributed by atoms with Crippen LogP contribution in [0.15, 0.2) is 4.99 Å². The number of esters is 1. The lowest BCUT2D eigenvalue weighted by molar-refractivity contribution is -0.153. The molecule has 1 heterocycles. The van der Waals surface area contributed by atoms with Gasteiger partial charge in [-0.25, -0.2) is 4.98 Å². The summed E-state index contributed by atoms with van der Waals surface area (Å²) in [5, 5.41) is 4.15. The molecule has 0 unspecified atom stereocenters. The lowest BCUT2D eigenvalue weighted by Crippen LogP contribution is -2.42. The van der Waals surface area contributed by atoms with Crippen LogP contribution < -0.4 is 5.32 Å². The van der Waals surface area contributed by atoms with Crippen LogP contribution >= 0.6 is 11.3 Å². The van der Waals surface area contributed by atoms with E-state index in [9.17, 15) is 4.79 Å². The summed E-state index contributed by atoms with van der Waals surface area (Å²) < 4.78 is 5.30. The fourth-order valence-corrected chi connectivity index (χ4v) is 3.87. The molecule has 134 valence electrons. The standard InChI is InChI=1S/C17H28N4O2S/c1-17(2,3)23-15(22)10-19-16(18-4)21(5)11-14-20-12-8-6-7-9-13(12)24-14/h6-11H2,1-5H3,(H,18,19). The summed E-state index contributed by atoms with van der Waals surface area (Å²) in [6.07, 6.45) is 4.76. The van der Waals surface area contributed by atoms with E-state index in [2.05, 4.69) is 10.3 Å². The summed E-state index contributed by atoms with van der Waals surface area (Å²) in [7, 11) is 3.66. The van der Waals surface area contributed by atoms with Gasteiger partial charge in [0.05, 0.1) is 12.2 Å². The highest BCUT2D eigenvalue weighted by Gasteiger charge is 2.19. The average molecular weight is 353 g/mol. The van der Waals surface area contributed by atoms with E-state index in [0.29, 0.717) is 12.5 Å². The highest BCUT2D eigenvalue weighted by atomic mass is 32.1. The summed E-state index contributed by atoms with van der Waals surface area (Å²) in [4.78, 5) is 24.2. The van der Waals surface area contributed by atoms with Crippen molar-refractivity contribution in [1.82, 2.24) is 15.2 Å². The number of guanidine groups is 1. The number of ether oxygens (including phenoxy) is 1. The highest BCUT2D eigenvalue weighted by molar-refractivity contribution is 7.11. The van der Waals surface area contributed by atoms with E-state index >= 15 is 0 Å². The first-order valence-corrected chi connectivity index (χ1v) is 9.21. The van der Waals surface area contributed by atoms with Crippen LogP contribution in [0.4, 0.5) is 0 Å². The second-order valence-electron chi connectivity index (χ2n) is 7.03. The van der Waals surface area contributed by atoms with Crippen LogP contribution in [0.3, 0.4) is 0 Å². The molecule has 0 aromatic carbocycles. The first kappa shape index (κ1) is 18.7. The predicted molar refractivity (Wildman–Crippen MR) is 97.4 cm³/mol. The highest BCUT2D eigenvalue weighted by Crippen LogP contribution is 2.27. The van der Waals surface area contributed by atoms with Gasteiger partial charge in [-0.15, -0.1) is 11.3 Å². The molecule has 0 atom stereocenters. The minimum absolute atomic E-state index is 0.0999. The molecule has 6 nitrogen and oxygen atoms in total. The van der Waals surface area contributed by atoms with E-state index in [4.69, 9.17) is 9.72 Å².